The number of hydrogen-bond donors (Lipinski definition) is 1. The maximum Gasteiger partial charge on any atom is 0.423 e. The Balaban J connectivity index is 1.17. The van der Waals surface area contributed by atoms with Crippen LogP contribution in [0.1, 0.15) is 34.5 Å². The minimum Gasteiger partial charge on any atom is -0.436 e. The summed E-state index contributed by atoms with van der Waals surface area (Å²) in [6.07, 6.45) is -8.67. The first kappa shape index (κ1) is 30.5. The van der Waals surface area contributed by atoms with Crippen LogP contribution in [0.2, 0.25) is 0 Å². The molecule has 6 rings (SSSR count). The summed E-state index contributed by atoms with van der Waals surface area (Å²) >= 11 is 0. The smallest absolute Gasteiger partial charge is 0.423 e. The van der Waals surface area contributed by atoms with Crippen LogP contribution in [0, 0.1) is 5.41 Å². The minimum atomic E-state index is -5.12. The summed E-state index contributed by atoms with van der Waals surface area (Å²) in [7, 11) is 0. The van der Waals surface area contributed by atoms with Gasteiger partial charge in [0.15, 0.2) is 5.56 Å². The second-order valence-corrected chi connectivity index (χ2v) is 11.3. The molecule has 1 spiro atoms. The summed E-state index contributed by atoms with van der Waals surface area (Å²) in [5.74, 6) is -3.88. The predicted molar refractivity (Wildman–Crippen MR) is 140 cm³/mol. The van der Waals surface area contributed by atoms with E-state index in [9.17, 15) is 44.7 Å². The van der Waals surface area contributed by atoms with E-state index >= 15 is 0 Å². The first-order chi connectivity index (χ1) is 21.0. The standard InChI is InChI=1S/C27H23F8N7O3/c28-25(29)11-24(12-25)13-42(14-24)20-19(27(33,34)35)21(43)38-39-22(20)45-16-3-4-36-17(9-16)23(44)41-7-5-40(6-8-41)18-2-1-15(10-37-18)26(30,31)32/h1-4,9-10H,5-8,11-14H2,(H,38,43). The summed E-state index contributed by atoms with van der Waals surface area (Å²) in [5, 5.41) is 5.42. The summed E-state index contributed by atoms with van der Waals surface area (Å²) in [4.78, 5) is 37.6. The number of piperazine rings is 1. The SMILES string of the molecule is O=C(c1cc(Oc2n[nH]c(=O)c(C(F)(F)F)c2N2CC3(C2)CC(F)(F)C3)ccn1)N1CCN(c2ccc(C(F)(F)F)cn2)CC1. The number of anilines is 2. The van der Waals surface area contributed by atoms with Gasteiger partial charge in [-0.25, -0.2) is 18.9 Å². The third kappa shape index (κ3) is 5.96. The van der Waals surface area contributed by atoms with Crippen LogP contribution in [0.15, 0.2) is 41.5 Å². The molecule has 45 heavy (non-hydrogen) atoms. The van der Waals surface area contributed by atoms with Crippen molar-refractivity contribution in [2.75, 3.05) is 49.1 Å². The Morgan fingerprint density at radius 3 is 2.18 bits per heavy atom. The Kier molecular flexibility index (Phi) is 7.15. The van der Waals surface area contributed by atoms with Gasteiger partial charge in [-0.05, 0) is 18.2 Å². The molecule has 3 aromatic rings. The molecular formula is C27H23F8N7O3. The van der Waals surface area contributed by atoms with Gasteiger partial charge >= 0.3 is 12.4 Å². The lowest BCUT2D eigenvalue weighted by Gasteiger charge is -2.59. The molecule has 0 bridgehead atoms. The van der Waals surface area contributed by atoms with Crippen molar-refractivity contribution in [2.24, 2.45) is 5.41 Å². The molecule has 18 heteroatoms. The Bertz CT molecular complexity index is 1650. The van der Waals surface area contributed by atoms with Crippen LogP contribution in [0.3, 0.4) is 0 Å². The second kappa shape index (κ2) is 10.5. The number of rotatable bonds is 5. The molecule has 1 aliphatic carbocycles. The van der Waals surface area contributed by atoms with Gasteiger partial charge in [0.05, 0.1) is 5.56 Å². The summed E-state index contributed by atoms with van der Waals surface area (Å²) in [5.41, 5.74) is -5.67. The fourth-order valence-electron chi connectivity index (χ4n) is 5.99. The third-order valence-corrected chi connectivity index (χ3v) is 7.98. The van der Waals surface area contributed by atoms with Crippen molar-refractivity contribution in [1.29, 1.82) is 0 Å². The molecule has 1 N–H and O–H groups in total. The number of carbonyl (C=O) groups is 1. The number of halogens is 8. The van der Waals surface area contributed by atoms with Crippen LogP contribution in [0.25, 0.3) is 0 Å². The average molecular weight is 646 g/mol. The number of hydrogen-bond acceptors (Lipinski definition) is 8. The lowest BCUT2D eigenvalue weighted by atomic mass is 9.61. The maximum absolute atomic E-state index is 14.0. The van der Waals surface area contributed by atoms with Gasteiger partial charge in [-0.2, -0.15) is 26.3 Å². The molecule has 2 aliphatic heterocycles. The van der Waals surface area contributed by atoms with E-state index in [2.05, 4.69) is 15.1 Å². The van der Waals surface area contributed by atoms with Crippen molar-refractivity contribution in [3.05, 3.63) is 63.8 Å². The molecule has 0 atom stereocenters. The summed E-state index contributed by atoms with van der Waals surface area (Å²) < 4.78 is 113. The number of alkyl halides is 8. The van der Waals surface area contributed by atoms with Gasteiger partial charge in [0.2, 0.25) is 5.92 Å². The van der Waals surface area contributed by atoms with Crippen molar-refractivity contribution >= 4 is 17.4 Å². The molecule has 1 saturated carbocycles. The number of nitrogens with zero attached hydrogens (tertiary/aromatic N) is 6. The molecule has 0 radical (unpaired) electrons. The Hall–Kier alpha value is -4.51. The first-order valence-electron chi connectivity index (χ1n) is 13.6. The first-order valence-corrected chi connectivity index (χ1v) is 13.6. The zero-order valence-corrected chi connectivity index (χ0v) is 23.1. The van der Waals surface area contributed by atoms with Gasteiger partial charge in [-0.3, -0.25) is 14.6 Å². The molecular weight excluding hydrogens is 622 g/mol. The molecule has 240 valence electrons. The van der Waals surface area contributed by atoms with Crippen LogP contribution in [0.4, 0.5) is 46.6 Å². The molecule has 2 saturated heterocycles. The number of nitrogens with one attached hydrogen (secondary N) is 1. The number of ether oxygens (including phenoxy) is 1. The van der Waals surface area contributed by atoms with Crippen molar-refractivity contribution in [3.63, 3.8) is 0 Å². The Morgan fingerprint density at radius 1 is 0.911 bits per heavy atom. The quantitative estimate of drug-likeness (QED) is 0.402. The number of aromatic amines is 1. The summed E-state index contributed by atoms with van der Waals surface area (Å²) in [6, 6.07) is 4.60. The van der Waals surface area contributed by atoms with E-state index < -0.39 is 70.7 Å². The van der Waals surface area contributed by atoms with Crippen molar-refractivity contribution in [3.8, 4) is 11.6 Å². The molecule has 3 aliphatic rings. The number of amides is 1. The maximum atomic E-state index is 14.0. The molecule has 1 amide bonds. The van der Waals surface area contributed by atoms with Gasteiger partial charge < -0.3 is 19.4 Å². The van der Waals surface area contributed by atoms with Crippen molar-refractivity contribution in [2.45, 2.75) is 31.1 Å². The van der Waals surface area contributed by atoms with E-state index in [0.29, 0.717) is 5.82 Å². The average Bonchev–Trinajstić information content (AvgIpc) is 2.94. The van der Waals surface area contributed by atoms with Gasteiger partial charge in [-0.1, -0.05) is 0 Å². The number of H-pyrrole nitrogens is 1. The lowest BCUT2D eigenvalue weighted by Crippen LogP contribution is -2.66. The zero-order chi connectivity index (χ0) is 32.4. The van der Waals surface area contributed by atoms with Crippen molar-refractivity contribution < 1.29 is 44.7 Å². The Morgan fingerprint density at radius 2 is 1.60 bits per heavy atom. The van der Waals surface area contributed by atoms with E-state index in [1.54, 1.807) is 10.00 Å². The number of aromatic nitrogens is 4. The highest BCUT2D eigenvalue weighted by Gasteiger charge is 2.62. The molecule has 10 nitrogen and oxygen atoms in total. The van der Waals surface area contributed by atoms with E-state index in [4.69, 9.17) is 4.74 Å². The fourth-order valence-corrected chi connectivity index (χ4v) is 5.99. The van der Waals surface area contributed by atoms with Gasteiger partial charge in [0.25, 0.3) is 17.3 Å². The number of carbonyl (C=O) groups excluding carboxylic acids is 1. The zero-order valence-electron chi connectivity index (χ0n) is 23.1. The second-order valence-electron chi connectivity index (χ2n) is 11.3. The van der Waals surface area contributed by atoms with Crippen LogP contribution < -0.4 is 20.1 Å². The third-order valence-electron chi connectivity index (χ3n) is 7.98. The van der Waals surface area contributed by atoms with Gasteiger partial charge in [0.1, 0.15) is 22.9 Å². The number of pyridine rings is 2. The van der Waals surface area contributed by atoms with E-state index in [-0.39, 0.29) is 50.7 Å². The largest absolute Gasteiger partial charge is 0.436 e. The van der Waals surface area contributed by atoms with Crippen LogP contribution in [-0.2, 0) is 12.4 Å². The minimum absolute atomic E-state index is 0.116. The monoisotopic (exact) mass is 645 g/mol. The van der Waals surface area contributed by atoms with E-state index in [1.165, 1.54) is 29.3 Å². The molecule has 3 aromatic heterocycles. The van der Waals surface area contributed by atoms with Crippen molar-refractivity contribution in [1.82, 2.24) is 25.1 Å². The van der Waals surface area contributed by atoms with E-state index in [1.807, 2.05) is 0 Å². The van der Waals surface area contributed by atoms with Crippen LogP contribution in [-0.4, -0.2) is 76.2 Å². The van der Waals surface area contributed by atoms with Gasteiger partial charge in [-0.15, -0.1) is 5.10 Å². The molecule has 5 heterocycles. The fraction of sp³-hybridized carbons (Fsp3) is 0.444. The lowest BCUT2D eigenvalue weighted by molar-refractivity contribution is -0.171. The van der Waals surface area contributed by atoms with Crippen LogP contribution >= 0.6 is 0 Å². The predicted octanol–water partition coefficient (Wildman–Crippen LogP) is 4.59. The van der Waals surface area contributed by atoms with Gasteiger partial charge in [0, 0.05) is 76.0 Å². The topological polar surface area (TPSA) is 108 Å². The van der Waals surface area contributed by atoms with Crippen LogP contribution in [0.5, 0.6) is 11.6 Å². The summed E-state index contributed by atoms with van der Waals surface area (Å²) in [6.45, 7) is 0.556. The molecule has 0 unspecified atom stereocenters. The highest BCUT2D eigenvalue weighted by Crippen LogP contribution is 2.58. The molecule has 0 aromatic carbocycles. The molecule has 3 fully saturated rings. The normalized spacial score (nSPS) is 19.2. The highest BCUT2D eigenvalue weighted by molar-refractivity contribution is 5.92. The Labute approximate surface area is 248 Å². The van der Waals surface area contributed by atoms with E-state index in [0.717, 1.165) is 17.2 Å². The highest BCUT2D eigenvalue weighted by atomic mass is 19.4.